The van der Waals surface area contributed by atoms with Crippen LogP contribution in [0.25, 0.3) is 0 Å². The third kappa shape index (κ3) is 2.81. The maximum Gasteiger partial charge on any atom is 0.122 e. The van der Waals surface area contributed by atoms with Crippen LogP contribution in [0.5, 0.6) is 0 Å². The van der Waals surface area contributed by atoms with E-state index < -0.39 is 6.17 Å². The van der Waals surface area contributed by atoms with Gasteiger partial charge < -0.3 is 5.73 Å². The molecule has 0 aliphatic carbocycles. The lowest BCUT2D eigenvalue weighted by molar-refractivity contribution is 0.374. The molecule has 0 heterocycles. The molecule has 1 nitrogen and oxygen atoms in total. The number of benzene rings is 1. The van der Waals surface area contributed by atoms with Crippen LogP contribution in [0.4, 0.5) is 4.39 Å². The number of alkyl halides is 1. The van der Waals surface area contributed by atoms with Crippen molar-refractivity contribution in [3.8, 4) is 0 Å². The first kappa shape index (κ1) is 11.2. The van der Waals surface area contributed by atoms with Crippen molar-refractivity contribution >= 4 is 0 Å². The Balaban J connectivity index is 2.82. The van der Waals surface area contributed by atoms with E-state index in [1.54, 1.807) is 6.92 Å². The molecule has 2 N–H and O–H groups in total. The number of halogens is 1. The van der Waals surface area contributed by atoms with Gasteiger partial charge >= 0.3 is 0 Å². The number of nitrogens with two attached hydrogens (primary N) is 1. The van der Waals surface area contributed by atoms with Crippen molar-refractivity contribution in [3.05, 3.63) is 35.4 Å². The zero-order valence-electron chi connectivity index (χ0n) is 8.83. The second kappa shape index (κ2) is 5.11. The molecule has 0 bridgehead atoms. The van der Waals surface area contributed by atoms with Crippen molar-refractivity contribution in [3.63, 3.8) is 0 Å². The van der Waals surface area contributed by atoms with Crippen LogP contribution in [-0.2, 0) is 0 Å². The first-order valence-corrected chi connectivity index (χ1v) is 5.09. The van der Waals surface area contributed by atoms with Crippen LogP contribution in [0.1, 0.15) is 43.5 Å². The van der Waals surface area contributed by atoms with Crippen molar-refractivity contribution in [2.45, 2.75) is 32.4 Å². The third-order valence-electron chi connectivity index (χ3n) is 2.54. The third-order valence-corrected chi connectivity index (χ3v) is 2.54. The Morgan fingerprint density at radius 1 is 1.29 bits per heavy atom. The van der Waals surface area contributed by atoms with E-state index in [0.29, 0.717) is 12.5 Å². The summed E-state index contributed by atoms with van der Waals surface area (Å²) >= 11 is 0. The van der Waals surface area contributed by atoms with E-state index >= 15 is 0 Å². The fourth-order valence-corrected chi connectivity index (χ4v) is 1.53. The Kier molecular flexibility index (Phi) is 4.08. The van der Waals surface area contributed by atoms with Crippen LogP contribution >= 0.6 is 0 Å². The molecule has 1 rings (SSSR count). The summed E-state index contributed by atoms with van der Waals surface area (Å²) in [6, 6.07) is 7.70. The summed E-state index contributed by atoms with van der Waals surface area (Å²) in [5, 5.41) is 0. The molecule has 0 aliphatic rings. The fourth-order valence-electron chi connectivity index (χ4n) is 1.53. The molecule has 0 spiro atoms. The van der Waals surface area contributed by atoms with Crippen molar-refractivity contribution in [1.82, 2.24) is 0 Å². The fraction of sp³-hybridized carbons (Fsp3) is 0.500. The van der Waals surface area contributed by atoms with E-state index in [1.807, 2.05) is 24.3 Å². The van der Waals surface area contributed by atoms with E-state index in [4.69, 9.17) is 5.73 Å². The van der Waals surface area contributed by atoms with Gasteiger partial charge in [0.2, 0.25) is 0 Å². The van der Waals surface area contributed by atoms with Gasteiger partial charge in [-0.15, -0.1) is 0 Å². The van der Waals surface area contributed by atoms with E-state index in [0.717, 1.165) is 12.0 Å². The molecule has 78 valence electrons. The first-order chi connectivity index (χ1) is 6.65. The highest BCUT2D eigenvalue weighted by Crippen LogP contribution is 2.23. The minimum absolute atomic E-state index is 0.415. The van der Waals surface area contributed by atoms with Crippen molar-refractivity contribution < 1.29 is 4.39 Å². The van der Waals surface area contributed by atoms with Gasteiger partial charge in [-0.3, -0.25) is 0 Å². The minimum Gasteiger partial charge on any atom is -0.330 e. The Morgan fingerprint density at radius 2 is 1.93 bits per heavy atom. The van der Waals surface area contributed by atoms with Crippen LogP contribution in [-0.4, -0.2) is 6.54 Å². The lowest BCUT2D eigenvalue weighted by Gasteiger charge is -2.12. The number of rotatable bonds is 4. The second-order valence-electron chi connectivity index (χ2n) is 3.76. The van der Waals surface area contributed by atoms with E-state index in [-0.39, 0.29) is 0 Å². The zero-order chi connectivity index (χ0) is 10.6. The van der Waals surface area contributed by atoms with Gasteiger partial charge in [-0.2, -0.15) is 0 Å². The summed E-state index contributed by atoms with van der Waals surface area (Å²) < 4.78 is 13.0. The average Bonchev–Trinajstić information content (AvgIpc) is 2.18. The van der Waals surface area contributed by atoms with Gasteiger partial charge in [-0.05, 0) is 36.9 Å². The minimum atomic E-state index is -0.889. The SMILES string of the molecule is CC(F)c1cccc(C(C)CCN)c1. The highest BCUT2D eigenvalue weighted by Gasteiger charge is 2.07. The normalized spacial score (nSPS) is 15.1. The van der Waals surface area contributed by atoms with Gasteiger partial charge in [0.05, 0.1) is 0 Å². The molecule has 0 aliphatic heterocycles. The standard InChI is InChI=1S/C12H18FN/c1-9(6-7-14)11-4-3-5-12(8-11)10(2)13/h3-5,8-10H,6-7,14H2,1-2H3. The molecule has 14 heavy (non-hydrogen) atoms. The summed E-state index contributed by atoms with van der Waals surface area (Å²) in [7, 11) is 0. The molecular weight excluding hydrogens is 177 g/mol. The van der Waals surface area contributed by atoms with Gasteiger partial charge in [0.1, 0.15) is 6.17 Å². The molecule has 0 aromatic heterocycles. The second-order valence-corrected chi connectivity index (χ2v) is 3.76. The molecule has 0 amide bonds. The predicted octanol–water partition coefficient (Wildman–Crippen LogP) is 3.17. The Bertz CT molecular complexity index is 283. The molecule has 2 heteroatoms. The van der Waals surface area contributed by atoms with Crippen molar-refractivity contribution in [1.29, 1.82) is 0 Å². The molecule has 0 saturated heterocycles. The van der Waals surface area contributed by atoms with Crippen molar-refractivity contribution in [2.75, 3.05) is 6.54 Å². The molecule has 1 aromatic carbocycles. The maximum absolute atomic E-state index is 13.0. The summed E-state index contributed by atoms with van der Waals surface area (Å²) in [5.74, 6) is 0.415. The quantitative estimate of drug-likeness (QED) is 0.784. The van der Waals surface area contributed by atoms with Gasteiger partial charge in [0, 0.05) is 0 Å². The highest BCUT2D eigenvalue weighted by atomic mass is 19.1. The van der Waals surface area contributed by atoms with E-state index in [1.165, 1.54) is 5.56 Å². The Morgan fingerprint density at radius 3 is 2.50 bits per heavy atom. The number of hydrogen-bond donors (Lipinski definition) is 1. The Labute approximate surface area is 85.1 Å². The highest BCUT2D eigenvalue weighted by molar-refractivity contribution is 5.27. The monoisotopic (exact) mass is 195 g/mol. The first-order valence-electron chi connectivity index (χ1n) is 5.09. The molecule has 0 radical (unpaired) electrons. The molecule has 0 saturated carbocycles. The summed E-state index contributed by atoms with van der Waals surface area (Å²) in [6.45, 7) is 4.36. The summed E-state index contributed by atoms with van der Waals surface area (Å²) in [6.07, 6.45) is 0.0597. The van der Waals surface area contributed by atoms with E-state index in [9.17, 15) is 4.39 Å². The van der Waals surface area contributed by atoms with Crippen molar-refractivity contribution in [2.24, 2.45) is 5.73 Å². The zero-order valence-corrected chi connectivity index (χ0v) is 8.83. The van der Waals surface area contributed by atoms with Crippen LogP contribution in [0.2, 0.25) is 0 Å². The van der Waals surface area contributed by atoms with Crippen LogP contribution in [0.15, 0.2) is 24.3 Å². The summed E-state index contributed by atoms with van der Waals surface area (Å²) in [4.78, 5) is 0. The molecule has 1 aromatic rings. The van der Waals surface area contributed by atoms with Gasteiger partial charge in [-0.1, -0.05) is 31.2 Å². The predicted molar refractivity (Wildman–Crippen MR) is 58.1 cm³/mol. The van der Waals surface area contributed by atoms with Gasteiger partial charge in [-0.25, -0.2) is 4.39 Å². The average molecular weight is 195 g/mol. The topological polar surface area (TPSA) is 26.0 Å². The molecule has 0 fully saturated rings. The maximum atomic E-state index is 13.0. The molecular formula is C12H18FN. The molecule has 2 atom stereocenters. The molecule has 2 unspecified atom stereocenters. The smallest absolute Gasteiger partial charge is 0.122 e. The van der Waals surface area contributed by atoms with Crippen LogP contribution in [0.3, 0.4) is 0 Å². The van der Waals surface area contributed by atoms with Gasteiger partial charge in [0.25, 0.3) is 0 Å². The lowest BCUT2D eigenvalue weighted by atomic mass is 9.95. The Hall–Kier alpha value is -0.890. The number of hydrogen-bond acceptors (Lipinski definition) is 1. The van der Waals surface area contributed by atoms with Crippen LogP contribution < -0.4 is 5.73 Å². The summed E-state index contributed by atoms with van der Waals surface area (Å²) in [5.41, 5.74) is 7.42. The largest absolute Gasteiger partial charge is 0.330 e. The van der Waals surface area contributed by atoms with Gasteiger partial charge in [0.15, 0.2) is 0 Å². The van der Waals surface area contributed by atoms with E-state index in [2.05, 4.69) is 6.92 Å². The van der Waals surface area contributed by atoms with Crippen LogP contribution in [0, 0.1) is 0 Å². The lowest BCUT2D eigenvalue weighted by Crippen LogP contribution is -2.04.